The first-order valence-electron chi connectivity index (χ1n) is 10.5. The zero-order valence-corrected chi connectivity index (χ0v) is 18.2. The van der Waals surface area contributed by atoms with E-state index in [1.165, 1.54) is 13.8 Å². The van der Waals surface area contributed by atoms with Crippen LogP contribution in [0.5, 0.6) is 11.5 Å². The van der Waals surface area contributed by atoms with E-state index in [4.69, 9.17) is 14.2 Å². The second-order valence-corrected chi connectivity index (χ2v) is 7.03. The van der Waals surface area contributed by atoms with Crippen molar-refractivity contribution < 1.29 is 23.8 Å². The number of ether oxygens (including phenoxy) is 3. The molecule has 0 aromatic heterocycles. The van der Waals surface area contributed by atoms with Crippen molar-refractivity contribution in [2.45, 2.75) is 39.5 Å². The smallest absolute Gasteiger partial charge is 0.308 e. The lowest BCUT2D eigenvalue weighted by molar-refractivity contribution is -0.132. The molecule has 0 aliphatic heterocycles. The molecule has 0 fully saturated rings. The van der Waals surface area contributed by atoms with Gasteiger partial charge in [0.1, 0.15) is 11.5 Å². The van der Waals surface area contributed by atoms with Gasteiger partial charge in [0.25, 0.3) is 0 Å². The summed E-state index contributed by atoms with van der Waals surface area (Å²) in [5.41, 5.74) is 2.15. The highest BCUT2D eigenvalue weighted by molar-refractivity contribution is 5.70. The summed E-state index contributed by atoms with van der Waals surface area (Å²) in [5.74, 6) is 0.494. The van der Waals surface area contributed by atoms with Crippen LogP contribution in [-0.2, 0) is 14.3 Å². The molecule has 2 aromatic rings. The second kappa shape index (κ2) is 13.9. The minimum Gasteiger partial charge on any atom is -0.427 e. The van der Waals surface area contributed by atoms with Crippen LogP contribution in [0.3, 0.4) is 0 Å². The average Bonchev–Trinajstić information content (AvgIpc) is 2.73. The van der Waals surface area contributed by atoms with Crippen LogP contribution in [0.1, 0.15) is 50.7 Å². The predicted molar refractivity (Wildman–Crippen MR) is 123 cm³/mol. The molecule has 5 nitrogen and oxygen atoms in total. The number of hydrogen-bond acceptors (Lipinski definition) is 5. The molecule has 0 amide bonds. The lowest BCUT2D eigenvalue weighted by Crippen LogP contribution is -2.00. The van der Waals surface area contributed by atoms with Crippen molar-refractivity contribution in [3.63, 3.8) is 0 Å². The van der Waals surface area contributed by atoms with Crippen LogP contribution in [0.2, 0.25) is 0 Å². The summed E-state index contributed by atoms with van der Waals surface area (Å²) in [6.45, 7) is 4.28. The van der Waals surface area contributed by atoms with Crippen LogP contribution in [0.25, 0.3) is 12.2 Å². The maximum atomic E-state index is 10.9. The van der Waals surface area contributed by atoms with Crippen molar-refractivity contribution in [2.24, 2.45) is 0 Å². The Bertz CT molecular complexity index is 790. The summed E-state index contributed by atoms with van der Waals surface area (Å²) in [4.78, 5) is 21.8. The fraction of sp³-hybridized carbons (Fsp3) is 0.308. The Morgan fingerprint density at radius 2 is 1.06 bits per heavy atom. The number of hydrogen-bond donors (Lipinski definition) is 0. The Morgan fingerprint density at radius 3 is 1.42 bits per heavy atom. The van der Waals surface area contributed by atoms with E-state index in [9.17, 15) is 9.59 Å². The predicted octanol–water partition coefficient (Wildman–Crippen LogP) is 5.84. The average molecular weight is 423 g/mol. The third kappa shape index (κ3) is 11.0. The van der Waals surface area contributed by atoms with Crippen LogP contribution in [-0.4, -0.2) is 25.2 Å². The lowest BCUT2D eigenvalue weighted by atomic mass is 10.2. The molecule has 0 atom stereocenters. The SMILES string of the molecule is CC(=O)Oc1ccc(C=CCCCOCCCC=Cc2ccc(OC(C)=O)cc2)cc1. The maximum absolute atomic E-state index is 10.9. The number of carbonyl (C=O) groups is 2. The number of allylic oxidation sites excluding steroid dienone is 2. The van der Waals surface area contributed by atoms with Crippen LogP contribution < -0.4 is 9.47 Å². The van der Waals surface area contributed by atoms with Crippen LogP contribution in [0.4, 0.5) is 0 Å². The molecule has 0 saturated heterocycles. The number of unbranched alkanes of at least 4 members (excludes halogenated alkanes) is 2. The highest BCUT2D eigenvalue weighted by atomic mass is 16.5. The number of rotatable bonds is 12. The molecule has 2 aromatic carbocycles. The normalized spacial score (nSPS) is 11.2. The van der Waals surface area contributed by atoms with E-state index in [2.05, 4.69) is 24.3 Å². The molecule has 2 rings (SSSR count). The van der Waals surface area contributed by atoms with E-state index in [0.29, 0.717) is 11.5 Å². The molecular weight excluding hydrogens is 392 g/mol. The topological polar surface area (TPSA) is 61.8 Å². The molecule has 0 bridgehead atoms. The molecule has 5 heteroatoms. The van der Waals surface area contributed by atoms with Gasteiger partial charge in [-0.1, -0.05) is 48.6 Å². The lowest BCUT2D eigenvalue weighted by Gasteiger charge is -2.02. The molecule has 0 unspecified atom stereocenters. The number of carbonyl (C=O) groups excluding carboxylic acids is 2. The van der Waals surface area contributed by atoms with Gasteiger partial charge in [0.15, 0.2) is 0 Å². The number of esters is 2. The van der Waals surface area contributed by atoms with Gasteiger partial charge in [0.05, 0.1) is 0 Å². The van der Waals surface area contributed by atoms with E-state index < -0.39 is 0 Å². The monoisotopic (exact) mass is 422 g/mol. The molecular formula is C26H30O5. The van der Waals surface area contributed by atoms with E-state index in [-0.39, 0.29) is 11.9 Å². The van der Waals surface area contributed by atoms with Gasteiger partial charge >= 0.3 is 11.9 Å². The molecule has 0 N–H and O–H groups in total. The zero-order chi connectivity index (χ0) is 22.3. The minimum atomic E-state index is -0.313. The van der Waals surface area contributed by atoms with Crippen molar-refractivity contribution in [1.82, 2.24) is 0 Å². The highest BCUT2D eigenvalue weighted by Gasteiger charge is 1.97. The van der Waals surface area contributed by atoms with Crippen LogP contribution in [0.15, 0.2) is 60.7 Å². The Balaban J connectivity index is 1.50. The van der Waals surface area contributed by atoms with Gasteiger partial charge in [0.2, 0.25) is 0 Å². The van der Waals surface area contributed by atoms with Gasteiger partial charge in [0, 0.05) is 27.1 Å². The van der Waals surface area contributed by atoms with Gasteiger partial charge < -0.3 is 14.2 Å². The van der Waals surface area contributed by atoms with E-state index in [1.807, 2.05) is 24.3 Å². The van der Waals surface area contributed by atoms with E-state index in [0.717, 1.165) is 50.0 Å². The zero-order valence-electron chi connectivity index (χ0n) is 18.2. The second-order valence-electron chi connectivity index (χ2n) is 7.03. The molecule has 0 radical (unpaired) electrons. The van der Waals surface area contributed by atoms with Gasteiger partial charge in [-0.15, -0.1) is 0 Å². The first kappa shape index (κ1) is 24.1. The van der Waals surface area contributed by atoms with Gasteiger partial charge in [-0.25, -0.2) is 0 Å². The molecule has 31 heavy (non-hydrogen) atoms. The Morgan fingerprint density at radius 1 is 0.677 bits per heavy atom. The molecule has 0 saturated carbocycles. The Labute approximate surface area is 184 Å². The van der Waals surface area contributed by atoms with Crippen LogP contribution >= 0.6 is 0 Å². The summed E-state index contributed by atoms with van der Waals surface area (Å²) < 4.78 is 15.7. The molecule has 0 aliphatic carbocycles. The van der Waals surface area contributed by atoms with Crippen LogP contribution in [0, 0.1) is 0 Å². The van der Waals surface area contributed by atoms with Crippen molar-refractivity contribution in [2.75, 3.05) is 13.2 Å². The van der Waals surface area contributed by atoms with Crippen molar-refractivity contribution in [1.29, 1.82) is 0 Å². The largest absolute Gasteiger partial charge is 0.427 e. The fourth-order valence-corrected chi connectivity index (χ4v) is 2.77. The van der Waals surface area contributed by atoms with Crippen molar-refractivity contribution >= 4 is 24.1 Å². The van der Waals surface area contributed by atoms with E-state index in [1.54, 1.807) is 24.3 Å². The van der Waals surface area contributed by atoms with Crippen molar-refractivity contribution in [3.8, 4) is 11.5 Å². The van der Waals surface area contributed by atoms with Crippen molar-refractivity contribution in [3.05, 3.63) is 71.8 Å². The molecule has 0 heterocycles. The summed E-state index contributed by atoms with van der Waals surface area (Å²) in [7, 11) is 0. The maximum Gasteiger partial charge on any atom is 0.308 e. The summed E-state index contributed by atoms with van der Waals surface area (Å²) in [5, 5.41) is 0. The summed E-state index contributed by atoms with van der Waals surface area (Å²) in [6, 6.07) is 14.8. The van der Waals surface area contributed by atoms with E-state index >= 15 is 0 Å². The standard InChI is InChI=1S/C26H30O5/c1-21(27)30-25-15-11-23(12-16-25)9-5-3-7-19-29-20-8-4-6-10-24-13-17-26(18-14-24)31-22(2)28/h5-6,9-18H,3-4,7-8,19-20H2,1-2H3. The first-order valence-corrected chi connectivity index (χ1v) is 10.5. The van der Waals surface area contributed by atoms with Gasteiger partial charge in [-0.2, -0.15) is 0 Å². The quantitative estimate of drug-likeness (QED) is 0.244. The Hall–Kier alpha value is -3.18. The highest BCUT2D eigenvalue weighted by Crippen LogP contribution is 2.15. The first-order chi connectivity index (χ1) is 15.0. The fourth-order valence-electron chi connectivity index (χ4n) is 2.77. The van der Waals surface area contributed by atoms with Gasteiger partial charge in [-0.3, -0.25) is 9.59 Å². The number of benzene rings is 2. The summed E-state index contributed by atoms with van der Waals surface area (Å²) in [6.07, 6.45) is 12.2. The minimum absolute atomic E-state index is 0.313. The molecule has 0 spiro atoms. The molecule has 0 aliphatic rings. The molecule has 164 valence electrons. The van der Waals surface area contributed by atoms with Gasteiger partial charge in [-0.05, 0) is 61.1 Å². The summed E-state index contributed by atoms with van der Waals surface area (Å²) >= 11 is 0. The Kier molecular flexibility index (Phi) is 10.8. The third-order valence-corrected chi connectivity index (χ3v) is 4.22. The third-order valence-electron chi connectivity index (χ3n) is 4.22.